The number of amides is 1. The van der Waals surface area contributed by atoms with Crippen molar-refractivity contribution in [3.8, 4) is 0 Å². The lowest BCUT2D eigenvalue weighted by molar-refractivity contribution is -0.125. The summed E-state index contributed by atoms with van der Waals surface area (Å²) in [6, 6.07) is 3.36. The summed E-state index contributed by atoms with van der Waals surface area (Å²) >= 11 is 0. The van der Waals surface area contributed by atoms with Crippen LogP contribution in [0.3, 0.4) is 0 Å². The first-order valence-electron chi connectivity index (χ1n) is 5.90. The summed E-state index contributed by atoms with van der Waals surface area (Å²) in [6.45, 7) is 7.38. The number of allylic oxidation sites excluding steroid dienone is 2. The van der Waals surface area contributed by atoms with Crippen molar-refractivity contribution >= 4 is 5.91 Å². The Morgan fingerprint density at radius 1 is 1.44 bits per heavy atom. The zero-order valence-electron chi connectivity index (χ0n) is 10.3. The highest BCUT2D eigenvalue weighted by molar-refractivity contribution is 5.79. The molecule has 2 N–H and O–H groups in total. The van der Waals surface area contributed by atoms with Crippen molar-refractivity contribution in [3.05, 3.63) is 49.5 Å². The first-order chi connectivity index (χ1) is 8.69. The predicted molar refractivity (Wildman–Crippen MR) is 69.8 cm³/mol. The molecule has 1 heterocycles. The molecule has 0 fully saturated rings. The van der Waals surface area contributed by atoms with Crippen LogP contribution in [0.2, 0.25) is 0 Å². The maximum atomic E-state index is 11.8. The molecular weight excluding hydrogens is 230 g/mol. The van der Waals surface area contributed by atoms with Gasteiger partial charge in [-0.05, 0) is 25.0 Å². The fraction of sp³-hybridized carbons (Fsp3) is 0.357. The second-order valence-corrected chi connectivity index (χ2v) is 4.02. The second-order valence-electron chi connectivity index (χ2n) is 4.02. The summed E-state index contributed by atoms with van der Waals surface area (Å²) in [6.07, 6.45) is 5.26. The van der Waals surface area contributed by atoms with Crippen molar-refractivity contribution in [3.63, 3.8) is 0 Å². The van der Waals surface area contributed by atoms with Gasteiger partial charge in [-0.1, -0.05) is 12.2 Å². The average molecular weight is 249 g/mol. The van der Waals surface area contributed by atoms with Gasteiger partial charge in [0.25, 0.3) is 0 Å². The minimum atomic E-state index is -0.822. The molecule has 0 spiro atoms. The summed E-state index contributed by atoms with van der Waals surface area (Å²) < 4.78 is 5.05. The SMILES string of the molecule is C=CCC(CC=C)C(=O)NCC(O)c1ccco1. The van der Waals surface area contributed by atoms with Crippen LogP contribution in [0.5, 0.6) is 0 Å². The third-order valence-corrected chi connectivity index (χ3v) is 2.61. The molecular formula is C14H19NO3. The van der Waals surface area contributed by atoms with Crippen molar-refractivity contribution < 1.29 is 14.3 Å². The van der Waals surface area contributed by atoms with Crippen LogP contribution in [0.15, 0.2) is 48.1 Å². The van der Waals surface area contributed by atoms with Crippen molar-refractivity contribution in [1.29, 1.82) is 0 Å². The van der Waals surface area contributed by atoms with Crippen LogP contribution in [-0.4, -0.2) is 17.6 Å². The van der Waals surface area contributed by atoms with E-state index in [-0.39, 0.29) is 18.4 Å². The van der Waals surface area contributed by atoms with Crippen LogP contribution < -0.4 is 5.32 Å². The predicted octanol–water partition coefficient (Wildman–Crippen LogP) is 2.20. The number of hydrogen-bond acceptors (Lipinski definition) is 3. The van der Waals surface area contributed by atoms with Crippen molar-refractivity contribution in [1.82, 2.24) is 5.32 Å². The highest BCUT2D eigenvalue weighted by Gasteiger charge is 2.17. The van der Waals surface area contributed by atoms with Gasteiger partial charge in [-0.25, -0.2) is 0 Å². The molecule has 1 aromatic rings. The Kier molecular flexibility index (Phi) is 5.94. The van der Waals surface area contributed by atoms with Gasteiger partial charge in [-0.15, -0.1) is 13.2 Å². The summed E-state index contributed by atoms with van der Waals surface area (Å²) in [5, 5.41) is 12.4. The van der Waals surface area contributed by atoms with Gasteiger partial charge in [0.05, 0.1) is 12.8 Å². The molecule has 4 heteroatoms. The topological polar surface area (TPSA) is 62.5 Å². The third-order valence-electron chi connectivity index (χ3n) is 2.61. The van der Waals surface area contributed by atoms with E-state index in [2.05, 4.69) is 18.5 Å². The number of nitrogens with one attached hydrogen (secondary N) is 1. The average Bonchev–Trinajstić information content (AvgIpc) is 2.89. The zero-order valence-corrected chi connectivity index (χ0v) is 10.3. The zero-order chi connectivity index (χ0) is 13.4. The van der Waals surface area contributed by atoms with Gasteiger partial charge < -0.3 is 14.8 Å². The van der Waals surface area contributed by atoms with Crippen molar-refractivity contribution in [2.45, 2.75) is 18.9 Å². The van der Waals surface area contributed by atoms with E-state index in [4.69, 9.17) is 4.42 Å². The fourth-order valence-electron chi connectivity index (χ4n) is 1.64. The van der Waals surface area contributed by atoms with E-state index in [1.54, 1.807) is 24.3 Å². The molecule has 1 aromatic heterocycles. The smallest absolute Gasteiger partial charge is 0.223 e. The highest BCUT2D eigenvalue weighted by Crippen LogP contribution is 2.13. The van der Waals surface area contributed by atoms with Crippen molar-refractivity contribution in [2.75, 3.05) is 6.54 Å². The van der Waals surface area contributed by atoms with Gasteiger partial charge in [0, 0.05) is 5.92 Å². The number of hydrogen-bond donors (Lipinski definition) is 2. The van der Waals surface area contributed by atoms with Gasteiger partial charge >= 0.3 is 0 Å². The van der Waals surface area contributed by atoms with E-state index in [0.717, 1.165) is 0 Å². The molecule has 1 rings (SSSR count). The number of carbonyl (C=O) groups excluding carboxylic acids is 1. The molecule has 1 unspecified atom stereocenters. The Morgan fingerprint density at radius 3 is 2.61 bits per heavy atom. The maximum absolute atomic E-state index is 11.8. The molecule has 18 heavy (non-hydrogen) atoms. The van der Waals surface area contributed by atoms with Crippen molar-refractivity contribution in [2.24, 2.45) is 5.92 Å². The minimum absolute atomic E-state index is 0.111. The van der Waals surface area contributed by atoms with Crippen LogP contribution in [0.1, 0.15) is 24.7 Å². The van der Waals surface area contributed by atoms with Crippen LogP contribution >= 0.6 is 0 Å². The third kappa shape index (κ3) is 4.22. The summed E-state index contributed by atoms with van der Waals surface area (Å²) in [7, 11) is 0. The number of furan rings is 1. The van der Waals surface area contributed by atoms with E-state index in [0.29, 0.717) is 18.6 Å². The quantitative estimate of drug-likeness (QED) is 0.694. The van der Waals surface area contributed by atoms with E-state index in [9.17, 15) is 9.90 Å². The first-order valence-corrected chi connectivity index (χ1v) is 5.90. The number of rotatable bonds is 8. The van der Waals surface area contributed by atoms with Crippen LogP contribution in [-0.2, 0) is 4.79 Å². The Bertz CT molecular complexity index is 374. The number of aliphatic hydroxyl groups is 1. The molecule has 0 bridgehead atoms. The normalized spacial score (nSPS) is 12.1. The Balaban J connectivity index is 2.43. The molecule has 0 saturated carbocycles. The van der Waals surface area contributed by atoms with E-state index in [1.807, 2.05) is 0 Å². The molecule has 0 aliphatic carbocycles. The van der Waals surface area contributed by atoms with Crippen LogP contribution in [0, 0.1) is 5.92 Å². The fourth-order valence-corrected chi connectivity index (χ4v) is 1.64. The molecule has 4 nitrogen and oxygen atoms in total. The molecule has 0 radical (unpaired) electrons. The van der Waals surface area contributed by atoms with Gasteiger partial charge in [0.1, 0.15) is 11.9 Å². The molecule has 1 amide bonds. The molecule has 0 saturated heterocycles. The monoisotopic (exact) mass is 249 g/mol. The Morgan fingerprint density at radius 2 is 2.11 bits per heavy atom. The largest absolute Gasteiger partial charge is 0.467 e. The summed E-state index contributed by atoms with van der Waals surface area (Å²) in [4.78, 5) is 11.8. The molecule has 0 aliphatic heterocycles. The first kappa shape index (κ1) is 14.3. The molecule has 98 valence electrons. The van der Waals surface area contributed by atoms with E-state index < -0.39 is 6.10 Å². The minimum Gasteiger partial charge on any atom is -0.467 e. The van der Waals surface area contributed by atoms with Crippen LogP contribution in [0.4, 0.5) is 0 Å². The lowest BCUT2D eigenvalue weighted by Crippen LogP contribution is -2.33. The van der Waals surface area contributed by atoms with Gasteiger partial charge in [-0.2, -0.15) is 0 Å². The number of carbonyl (C=O) groups is 1. The Labute approximate surface area is 107 Å². The summed E-state index contributed by atoms with van der Waals surface area (Å²) in [5.41, 5.74) is 0. The van der Waals surface area contributed by atoms with E-state index >= 15 is 0 Å². The number of aliphatic hydroxyl groups excluding tert-OH is 1. The molecule has 0 aromatic carbocycles. The summed E-state index contributed by atoms with van der Waals surface area (Å²) in [5.74, 6) is 0.156. The van der Waals surface area contributed by atoms with E-state index in [1.165, 1.54) is 6.26 Å². The maximum Gasteiger partial charge on any atom is 0.223 e. The van der Waals surface area contributed by atoms with Gasteiger partial charge in [0.2, 0.25) is 5.91 Å². The lowest BCUT2D eigenvalue weighted by Gasteiger charge is -2.15. The lowest BCUT2D eigenvalue weighted by atomic mass is 10.0. The van der Waals surface area contributed by atoms with Crippen LogP contribution in [0.25, 0.3) is 0 Å². The molecule has 0 aliphatic rings. The van der Waals surface area contributed by atoms with Gasteiger partial charge in [-0.3, -0.25) is 4.79 Å². The highest BCUT2D eigenvalue weighted by atomic mass is 16.4. The standard InChI is InChI=1S/C14H19NO3/c1-3-6-11(7-4-2)14(17)15-10-12(16)13-8-5-9-18-13/h3-5,8-9,11-12,16H,1-2,6-7,10H2,(H,15,17). The second kappa shape index (κ2) is 7.50. The Hall–Kier alpha value is -1.81. The van der Waals surface area contributed by atoms with Gasteiger partial charge in [0.15, 0.2) is 0 Å². The molecule has 1 atom stereocenters.